The Kier molecular flexibility index (Phi) is 20.9. The summed E-state index contributed by atoms with van der Waals surface area (Å²) in [5.41, 5.74) is 35.1. The Balaban J connectivity index is 0.530. The van der Waals surface area contributed by atoms with Gasteiger partial charge in [-0.15, -0.1) is 11.3 Å². The molecule has 714 valence electrons. The van der Waals surface area contributed by atoms with Gasteiger partial charge in [0.15, 0.2) is 0 Å². The van der Waals surface area contributed by atoms with E-state index in [1.54, 1.807) is 5.56 Å². The summed E-state index contributed by atoms with van der Waals surface area (Å²) in [6, 6.07) is 184. The second-order valence-electron chi connectivity index (χ2n) is 44.0. The van der Waals surface area contributed by atoms with Crippen LogP contribution in [0.15, 0.2) is 485 Å². The van der Waals surface area contributed by atoms with Crippen molar-refractivity contribution in [2.75, 3.05) is 19.6 Å². The standard InChI is InChI=1S/C142H110N6S/c1-5-28-99(29-6-1)106-37-23-46-117(77-106)145(115-61-58-102(59-62-115)107-38-22-45-116(76-107)143(113-41-9-3-10-42-113)124-80-109-34-15-16-49-125(109)131(85-124)142-90-96-71-97(91-142)73-98(72-96)92-142)134-54-27-55-135-139(134)129-51-17-19-53-132(129)148(135)118-47-24-39-108(79-118)103-35-21-36-104(74-103)111-75-110(100-30-7-2-8-31-100)81-123(82-111)146(136-56-26-52-128-127-50-18-20-57-138(127)149-140(128)136)122-64-66-126-130-84-121(65-67-133(130)147(137(126)86-122)114-43-11-4-12-44-114)144(120-63-60-101-32-13-14-33-105(101)78-120)119-48-25-40-112(83-119)141-87-93-68-94(88-141)70-95(69-93)89-141/h1-67,74-86,93-98H,68-73,87-92H2. The van der Waals surface area contributed by atoms with E-state index < -0.39 is 0 Å². The molecule has 3 heterocycles. The van der Waals surface area contributed by atoms with Crippen LogP contribution in [-0.4, -0.2) is 9.13 Å². The van der Waals surface area contributed by atoms with E-state index in [-0.39, 0.29) is 10.8 Å². The molecule has 8 aliphatic rings. The van der Waals surface area contributed by atoms with E-state index in [4.69, 9.17) is 0 Å². The number of nitrogens with zero attached hydrogens (tertiary/aromatic N) is 6. The lowest BCUT2D eigenvalue weighted by molar-refractivity contribution is -0.00519. The zero-order chi connectivity index (χ0) is 97.9. The molecule has 24 aromatic rings. The van der Waals surface area contributed by atoms with Gasteiger partial charge >= 0.3 is 0 Å². The van der Waals surface area contributed by atoms with Gasteiger partial charge < -0.3 is 28.7 Å². The van der Waals surface area contributed by atoms with E-state index in [0.717, 1.165) is 176 Å². The summed E-state index contributed by atoms with van der Waals surface area (Å²) in [6.45, 7) is 0. The van der Waals surface area contributed by atoms with Crippen molar-refractivity contribution < 1.29 is 0 Å². The van der Waals surface area contributed by atoms with Crippen LogP contribution in [-0.2, 0) is 10.8 Å². The van der Waals surface area contributed by atoms with Gasteiger partial charge in [0, 0.05) is 105 Å². The van der Waals surface area contributed by atoms with Crippen LogP contribution in [0.25, 0.3) is 152 Å². The normalized spacial score (nSPS) is 19.0. The largest absolute Gasteiger partial charge is 0.310 e. The van der Waals surface area contributed by atoms with E-state index in [2.05, 4.69) is 514 Å². The number of aromatic nitrogens is 2. The van der Waals surface area contributed by atoms with Crippen molar-refractivity contribution in [3.8, 4) is 67.0 Å². The third-order valence-corrected chi connectivity index (χ3v) is 36.2. The number of fused-ring (bicyclic) bond motifs is 11. The molecule has 149 heavy (non-hydrogen) atoms. The fourth-order valence-electron chi connectivity index (χ4n) is 29.4. The molecular formula is C142H110N6S. The van der Waals surface area contributed by atoms with E-state index in [1.807, 2.05) is 11.3 Å². The van der Waals surface area contributed by atoms with Gasteiger partial charge in [-0.25, -0.2) is 0 Å². The molecule has 0 amide bonds. The highest BCUT2D eigenvalue weighted by Crippen LogP contribution is 2.65. The smallest absolute Gasteiger partial charge is 0.0640 e. The molecule has 0 N–H and O–H groups in total. The second-order valence-corrected chi connectivity index (χ2v) is 45.1. The number of rotatable bonds is 21. The number of benzene rings is 21. The molecular weight excluding hydrogens is 1820 g/mol. The van der Waals surface area contributed by atoms with Crippen LogP contribution in [0.4, 0.5) is 68.2 Å². The van der Waals surface area contributed by atoms with Gasteiger partial charge in [0.05, 0.1) is 38.1 Å². The minimum absolute atomic E-state index is 0.214. The lowest BCUT2D eigenvalue weighted by atomic mass is 9.47. The number of hydrogen-bond donors (Lipinski definition) is 0. The first-order valence-electron chi connectivity index (χ1n) is 53.9. The highest BCUT2D eigenvalue weighted by Gasteiger charge is 2.54. The molecule has 8 saturated carbocycles. The number of thiophene rings is 1. The van der Waals surface area contributed by atoms with Crippen LogP contribution in [0.3, 0.4) is 0 Å². The summed E-state index contributed by atoms with van der Waals surface area (Å²) < 4.78 is 7.50. The first kappa shape index (κ1) is 87.5. The molecule has 32 rings (SSSR count). The monoisotopic (exact) mass is 1930 g/mol. The zero-order valence-corrected chi connectivity index (χ0v) is 84.0. The quantitative estimate of drug-likeness (QED) is 0.0715. The molecule has 8 bridgehead atoms. The number of para-hydroxylation sites is 3. The van der Waals surface area contributed by atoms with E-state index in [1.165, 1.54) is 163 Å². The molecule has 0 unspecified atom stereocenters. The Labute approximate surface area is 874 Å². The average molecular weight is 1930 g/mol. The van der Waals surface area contributed by atoms with Crippen molar-refractivity contribution in [2.24, 2.45) is 35.5 Å². The van der Waals surface area contributed by atoms with Gasteiger partial charge in [0.1, 0.15) is 0 Å². The Morgan fingerprint density at radius 2 is 0.611 bits per heavy atom. The number of anilines is 12. The second kappa shape index (κ2) is 35.5. The molecule has 0 spiro atoms. The Morgan fingerprint density at radius 1 is 0.201 bits per heavy atom. The zero-order valence-electron chi connectivity index (χ0n) is 83.2. The molecule has 0 atom stereocenters. The van der Waals surface area contributed by atoms with Crippen LogP contribution in [0.2, 0.25) is 0 Å². The van der Waals surface area contributed by atoms with Crippen molar-refractivity contribution in [3.05, 3.63) is 496 Å². The van der Waals surface area contributed by atoms with Gasteiger partial charge in [-0.1, -0.05) is 291 Å². The summed E-state index contributed by atoms with van der Waals surface area (Å²) in [6.07, 6.45) is 16.4. The third kappa shape index (κ3) is 15.1. The summed E-state index contributed by atoms with van der Waals surface area (Å²) >= 11 is 1.88. The van der Waals surface area contributed by atoms with Gasteiger partial charge in [0.2, 0.25) is 0 Å². The molecule has 21 aromatic carbocycles. The van der Waals surface area contributed by atoms with Crippen molar-refractivity contribution in [1.82, 2.24) is 9.13 Å². The molecule has 8 aliphatic carbocycles. The highest BCUT2D eigenvalue weighted by molar-refractivity contribution is 7.26. The molecule has 6 nitrogen and oxygen atoms in total. The molecule has 3 aromatic heterocycles. The van der Waals surface area contributed by atoms with Gasteiger partial charge in [0.25, 0.3) is 0 Å². The van der Waals surface area contributed by atoms with Gasteiger partial charge in [-0.3, -0.25) is 0 Å². The Hall–Kier alpha value is -16.8. The Bertz CT molecular complexity index is 9330. The minimum atomic E-state index is 0.214. The van der Waals surface area contributed by atoms with Crippen molar-refractivity contribution >= 4 is 165 Å². The van der Waals surface area contributed by atoms with Crippen LogP contribution < -0.4 is 19.6 Å². The summed E-state index contributed by atoms with van der Waals surface area (Å²) in [5, 5.41) is 12.4. The maximum absolute atomic E-state index is 2.62. The predicted octanol–water partition coefficient (Wildman–Crippen LogP) is 39.7. The Morgan fingerprint density at radius 3 is 1.32 bits per heavy atom. The summed E-state index contributed by atoms with van der Waals surface area (Å²) in [5.74, 6) is 5.05. The maximum Gasteiger partial charge on any atom is 0.0640 e. The maximum atomic E-state index is 2.62. The van der Waals surface area contributed by atoms with Crippen LogP contribution in [0.5, 0.6) is 0 Å². The molecule has 7 heteroatoms. The molecule has 8 fully saturated rings. The average Bonchev–Trinajstić information content (AvgIpc) is 1.69. The molecule has 0 saturated heterocycles. The van der Waals surface area contributed by atoms with E-state index >= 15 is 0 Å². The lowest BCUT2D eigenvalue weighted by Crippen LogP contribution is -2.48. The topological polar surface area (TPSA) is 22.8 Å². The van der Waals surface area contributed by atoms with Gasteiger partial charge in [-0.2, -0.15) is 0 Å². The summed E-state index contributed by atoms with van der Waals surface area (Å²) in [7, 11) is 0. The van der Waals surface area contributed by atoms with Gasteiger partial charge in [-0.05, 0) is 406 Å². The summed E-state index contributed by atoms with van der Waals surface area (Å²) in [4.78, 5) is 10.1. The van der Waals surface area contributed by atoms with Crippen LogP contribution in [0.1, 0.15) is 88.2 Å². The first-order valence-corrected chi connectivity index (χ1v) is 54.7. The highest BCUT2D eigenvalue weighted by atomic mass is 32.1. The number of hydrogen-bond acceptors (Lipinski definition) is 5. The fraction of sp³-hybridized carbons (Fsp3) is 0.141. The van der Waals surface area contributed by atoms with Crippen molar-refractivity contribution in [3.63, 3.8) is 0 Å². The van der Waals surface area contributed by atoms with Crippen molar-refractivity contribution in [2.45, 2.75) is 87.9 Å². The fourth-order valence-corrected chi connectivity index (χ4v) is 30.6. The first-order chi connectivity index (χ1) is 73.6. The van der Waals surface area contributed by atoms with Crippen LogP contribution in [0, 0.1) is 35.5 Å². The van der Waals surface area contributed by atoms with E-state index in [9.17, 15) is 0 Å². The van der Waals surface area contributed by atoms with Crippen LogP contribution >= 0.6 is 11.3 Å². The lowest BCUT2D eigenvalue weighted by Gasteiger charge is -2.57. The minimum Gasteiger partial charge on any atom is -0.310 e. The predicted molar refractivity (Wildman–Crippen MR) is 629 cm³/mol. The van der Waals surface area contributed by atoms with Crippen molar-refractivity contribution in [1.29, 1.82) is 0 Å². The van der Waals surface area contributed by atoms with E-state index in [0.29, 0.717) is 0 Å². The SMILES string of the molecule is c1ccc(-c2cc(-c3cccc(-c4cccc(-n5c6ccccc6c6c(N(c7ccc(-c8cccc(N(c9ccccc9)c9cc(C%10%11CC%12CC(CC(C%12)C%10)C%11)c%10ccccc%10c9)c8)cc7)c7cccc(-c8ccccc8)c7)cccc65)c4)c3)cc(N(c3ccc4c5cc(N(c6cccc(C78CC9CC(CC(C9)C7)C8)c6)c6ccc7ccccc7c6)ccc5n(-c5ccccc5)c4c3)c3cccc4c3sc3ccccc34)c2)cc1. The third-order valence-electron chi connectivity index (χ3n) is 35.0. The molecule has 0 radical (unpaired) electrons. The molecule has 0 aliphatic heterocycles.